The maximum atomic E-state index is 13.6. The molecule has 5 amide bonds. The molecule has 2 heterocycles. The molecule has 4 rings (SSSR count). The van der Waals surface area contributed by atoms with Gasteiger partial charge in [-0.25, -0.2) is 19.8 Å². The van der Waals surface area contributed by atoms with E-state index in [0.29, 0.717) is 27.6 Å². The van der Waals surface area contributed by atoms with E-state index in [1.54, 1.807) is 48.5 Å². The predicted octanol–water partition coefficient (Wildman–Crippen LogP) is 2.06. The molecule has 0 unspecified atom stereocenters. The molecule has 2 atom stereocenters. The van der Waals surface area contributed by atoms with Gasteiger partial charge in [0, 0.05) is 40.6 Å². The average molecular weight is 621 g/mol. The summed E-state index contributed by atoms with van der Waals surface area (Å²) < 4.78 is 0. The van der Waals surface area contributed by atoms with E-state index in [1.807, 2.05) is 0 Å². The number of rotatable bonds is 10. The number of aliphatic hydroxyl groups is 2. The van der Waals surface area contributed by atoms with E-state index in [2.05, 4.69) is 15.9 Å². The zero-order valence-corrected chi connectivity index (χ0v) is 23.9. The van der Waals surface area contributed by atoms with Crippen molar-refractivity contribution < 1.29 is 34.2 Å². The lowest BCUT2D eigenvalue weighted by Crippen LogP contribution is -2.64. The average Bonchev–Trinajstić information content (AvgIpc) is 3.08. The molecular weight excluding hydrogens is 591 g/mol. The normalized spacial score (nSPS) is 18.1. The molecule has 15 heteroatoms. The number of carbonyl (C=O) groups is 4. The van der Waals surface area contributed by atoms with Crippen molar-refractivity contribution in [2.45, 2.75) is 50.7 Å². The number of hydrazine groups is 2. The van der Waals surface area contributed by atoms with E-state index < -0.39 is 36.2 Å². The van der Waals surface area contributed by atoms with E-state index in [-0.39, 0.29) is 44.9 Å². The number of carbonyl (C=O) groups excluding carboxylic acids is 4. The van der Waals surface area contributed by atoms with Crippen LogP contribution in [0.4, 0.5) is 4.79 Å². The second-order valence-corrected chi connectivity index (χ2v) is 10.4. The minimum absolute atomic E-state index is 0.0651. The predicted molar refractivity (Wildman–Crippen MR) is 152 cm³/mol. The van der Waals surface area contributed by atoms with Gasteiger partial charge in [-0.3, -0.25) is 19.8 Å². The Balaban J connectivity index is 1.47. The molecule has 224 valence electrons. The number of halogens is 2. The Morgan fingerprint density at radius 2 is 1.79 bits per heavy atom. The van der Waals surface area contributed by atoms with E-state index in [9.17, 15) is 29.4 Å². The Morgan fingerprint density at radius 3 is 2.48 bits per heavy atom. The Hall–Kier alpha value is -3.91. The molecule has 0 spiro atoms. The maximum Gasteiger partial charge on any atom is 0.358 e. The molecule has 4 N–H and O–H groups in total. The molecule has 2 fully saturated rings. The van der Waals surface area contributed by atoms with Gasteiger partial charge in [0.2, 0.25) is 11.8 Å². The second kappa shape index (κ2) is 14.3. The number of nitrogens with one attached hydrogen (secondary N) is 2. The fourth-order valence-corrected chi connectivity index (χ4v) is 5.05. The Morgan fingerprint density at radius 1 is 1.07 bits per heavy atom. The minimum atomic E-state index is -1.80. The SMILES string of the molecule is O=C(NN1CCC(=O)N2CCC[C@@H](C(=O)N[C@H](/C=N/OCc3c(Cl)cccc3Cl)CC(O)O)N2C1=O)c1ccccc1. The van der Waals surface area contributed by atoms with Crippen LogP contribution in [0.1, 0.15) is 41.6 Å². The summed E-state index contributed by atoms with van der Waals surface area (Å²) in [6, 6.07) is 10.3. The molecular formula is C27H30Cl2N6O7. The van der Waals surface area contributed by atoms with Gasteiger partial charge in [-0.15, -0.1) is 0 Å². The Labute approximate surface area is 251 Å². The molecule has 2 aromatic carbocycles. The van der Waals surface area contributed by atoms with Crippen LogP contribution in [0.3, 0.4) is 0 Å². The standard InChI is InChI=1S/C27H30Cl2N6O7/c28-20-8-4-9-21(29)19(20)16-42-30-15-18(14-24(37)38)31-26(40)22-10-5-12-34-23(36)11-13-33(27(41)35(22)34)32-25(39)17-6-2-1-3-7-17/h1-4,6-9,15,18,22,24,37-38H,5,10-14,16H2,(H,31,40)(H,32,39)/b30-15+/t18-,22-/m0/s1. The van der Waals surface area contributed by atoms with Crippen LogP contribution in [-0.2, 0) is 21.0 Å². The van der Waals surface area contributed by atoms with E-state index >= 15 is 0 Å². The molecule has 2 saturated heterocycles. The van der Waals surface area contributed by atoms with Gasteiger partial charge < -0.3 is 20.4 Å². The van der Waals surface area contributed by atoms with Crippen LogP contribution in [0.15, 0.2) is 53.7 Å². The Bertz CT molecular complexity index is 1310. The first-order valence-electron chi connectivity index (χ1n) is 13.2. The van der Waals surface area contributed by atoms with Crippen LogP contribution < -0.4 is 10.7 Å². The smallest absolute Gasteiger partial charge is 0.358 e. The number of hydrogen-bond acceptors (Lipinski definition) is 8. The highest BCUT2D eigenvalue weighted by atomic mass is 35.5. The first-order chi connectivity index (χ1) is 20.2. The summed E-state index contributed by atoms with van der Waals surface area (Å²) in [7, 11) is 0. The fourth-order valence-electron chi connectivity index (χ4n) is 4.54. The first kappa shape index (κ1) is 31.0. The molecule has 0 aliphatic carbocycles. The van der Waals surface area contributed by atoms with Crippen LogP contribution >= 0.6 is 23.2 Å². The van der Waals surface area contributed by atoms with Gasteiger partial charge in [-0.2, -0.15) is 0 Å². The van der Waals surface area contributed by atoms with Crippen molar-refractivity contribution in [1.82, 2.24) is 25.8 Å². The highest BCUT2D eigenvalue weighted by molar-refractivity contribution is 6.35. The number of urea groups is 1. The van der Waals surface area contributed by atoms with Crippen molar-refractivity contribution in [3.05, 3.63) is 69.7 Å². The van der Waals surface area contributed by atoms with Crippen molar-refractivity contribution in [2.24, 2.45) is 5.16 Å². The lowest BCUT2D eigenvalue weighted by molar-refractivity contribution is -0.155. The van der Waals surface area contributed by atoms with Crippen molar-refractivity contribution >= 4 is 53.2 Å². The van der Waals surface area contributed by atoms with Gasteiger partial charge in [0.05, 0.1) is 18.8 Å². The van der Waals surface area contributed by atoms with Crippen molar-refractivity contribution in [3.63, 3.8) is 0 Å². The van der Waals surface area contributed by atoms with Crippen LogP contribution in [0, 0.1) is 0 Å². The molecule has 2 aliphatic heterocycles. The summed E-state index contributed by atoms with van der Waals surface area (Å²) in [6.07, 6.45) is -0.377. The fraction of sp³-hybridized carbons (Fsp3) is 0.370. The van der Waals surface area contributed by atoms with E-state index in [1.165, 1.54) is 11.2 Å². The van der Waals surface area contributed by atoms with Crippen LogP contribution in [0.5, 0.6) is 0 Å². The molecule has 2 aromatic rings. The van der Waals surface area contributed by atoms with Gasteiger partial charge in [-0.05, 0) is 37.1 Å². The van der Waals surface area contributed by atoms with Gasteiger partial charge in [0.1, 0.15) is 12.6 Å². The highest BCUT2D eigenvalue weighted by Gasteiger charge is 2.44. The van der Waals surface area contributed by atoms with Crippen molar-refractivity contribution in [1.29, 1.82) is 0 Å². The number of hydrogen-bond donors (Lipinski definition) is 4. The summed E-state index contributed by atoms with van der Waals surface area (Å²) in [6.45, 7) is 0.0493. The summed E-state index contributed by atoms with van der Waals surface area (Å²) in [5, 5.41) is 29.6. The zero-order valence-electron chi connectivity index (χ0n) is 22.4. The summed E-state index contributed by atoms with van der Waals surface area (Å²) in [4.78, 5) is 58.0. The lowest BCUT2D eigenvalue weighted by atomic mass is 10.1. The summed E-state index contributed by atoms with van der Waals surface area (Å²) in [5.74, 6) is -1.59. The largest absolute Gasteiger partial charge is 0.391 e. The summed E-state index contributed by atoms with van der Waals surface area (Å²) in [5.41, 5.74) is 3.34. The topological polar surface area (TPSA) is 164 Å². The molecule has 0 aromatic heterocycles. The monoisotopic (exact) mass is 620 g/mol. The number of benzene rings is 2. The quantitative estimate of drug-likeness (QED) is 0.179. The Kier molecular flexibility index (Phi) is 10.6. The summed E-state index contributed by atoms with van der Waals surface area (Å²) >= 11 is 12.3. The van der Waals surface area contributed by atoms with Crippen molar-refractivity contribution in [3.8, 4) is 0 Å². The molecule has 2 aliphatic rings. The first-order valence-corrected chi connectivity index (χ1v) is 13.9. The van der Waals surface area contributed by atoms with Crippen LogP contribution in [-0.4, -0.2) is 86.7 Å². The van der Waals surface area contributed by atoms with Crippen molar-refractivity contribution in [2.75, 3.05) is 13.1 Å². The second-order valence-electron chi connectivity index (χ2n) is 9.57. The maximum absolute atomic E-state index is 13.6. The van der Waals surface area contributed by atoms with Gasteiger partial charge in [0.25, 0.3) is 5.91 Å². The van der Waals surface area contributed by atoms with Crippen LogP contribution in [0.25, 0.3) is 0 Å². The number of aliphatic hydroxyl groups excluding tert-OH is 1. The van der Waals surface area contributed by atoms with E-state index in [4.69, 9.17) is 28.0 Å². The third-order valence-electron chi connectivity index (χ3n) is 6.62. The molecule has 0 saturated carbocycles. The lowest BCUT2D eigenvalue weighted by Gasteiger charge is -2.43. The molecule has 0 bridgehead atoms. The van der Waals surface area contributed by atoms with Gasteiger partial charge >= 0.3 is 6.03 Å². The third kappa shape index (κ3) is 7.68. The molecule has 0 radical (unpaired) electrons. The third-order valence-corrected chi connectivity index (χ3v) is 7.33. The number of oxime groups is 1. The molecule has 13 nitrogen and oxygen atoms in total. The highest BCUT2D eigenvalue weighted by Crippen LogP contribution is 2.25. The van der Waals surface area contributed by atoms with Crippen LogP contribution in [0.2, 0.25) is 10.0 Å². The number of fused-ring (bicyclic) bond motifs is 1. The number of nitrogens with zero attached hydrogens (tertiary/aromatic N) is 4. The zero-order chi connectivity index (χ0) is 30.2. The minimum Gasteiger partial charge on any atom is -0.391 e. The van der Waals surface area contributed by atoms with E-state index in [0.717, 1.165) is 10.0 Å². The van der Waals surface area contributed by atoms with Gasteiger partial charge in [-0.1, -0.05) is 52.6 Å². The number of amides is 5. The molecule has 42 heavy (non-hydrogen) atoms. The van der Waals surface area contributed by atoms with Gasteiger partial charge in [0.15, 0.2) is 6.29 Å².